The maximum absolute atomic E-state index is 12.3. The molecule has 7 nitrogen and oxygen atoms in total. The molecule has 3 rings (SSSR count). The van der Waals surface area contributed by atoms with Crippen molar-refractivity contribution >= 4 is 17.7 Å². The number of piperazine rings is 1. The first-order valence-corrected chi connectivity index (χ1v) is 8.56. The van der Waals surface area contributed by atoms with E-state index >= 15 is 0 Å². The van der Waals surface area contributed by atoms with Crippen molar-refractivity contribution in [2.75, 3.05) is 26.2 Å². The lowest BCUT2D eigenvalue weighted by Crippen LogP contribution is -3.13. The molecule has 0 spiro atoms. The topological polar surface area (TPSA) is 80.8 Å². The Morgan fingerprint density at radius 1 is 1.23 bits per heavy atom. The van der Waals surface area contributed by atoms with Gasteiger partial charge in [-0.2, -0.15) is 0 Å². The van der Waals surface area contributed by atoms with E-state index in [1.165, 1.54) is 28.7 Å². The van der Waals surface area contributed by atoms with E-state index in [-0.39, 0.29) is 11.6 Å². The summed E-state index contributed by atoms with van der Waals surface area (Å²) in [6.45, 7) is 4.16. The minimum absolute atomic E-state index is 0.0212. The summed E-state index contributed by atoms with van der Waals surface area (Å²) in [7, 11) is 0. The van der Waals surface area contributed by atoms with Gasteiger partial charge in [-0.05, 0) is 23.8 Å². The van der Waals surface area contributed by atoms with Crippen molar-refractivity contribution in [1.29, 1.82) is 0 Å². The van der Waals surface area contributed by atoms with Crippen LogP contribution in [0.25, 0.3) is 6.08 Å². The van der Waals surface area contributed by atoms with E-state index in [9.17, 15) is 14.9 Å². The highest BCUT2D eigenvalue weighted by atomic mass is 16.6. The van der Waals surface area contributed by atoms with E-state index in [2.05, 4.69) is 4.98 Å². The maximum atomic E-state index is 12.3. The van der Waals surface area contributed by atoms with E-state index in [1.807, 2.05) is 17.0 Å². The van der Waals surface area contributed by atoms with Crippen LogP contribution < -0.4 is 4.90 Å². The number of rotatable bonds is 5. The highest BCUT2D eigenvalue weighted by Crippen LogP contribution is 2.14. The number of carbonyl (C=O) groups excluding carboxylic acids is 1. The standard InChI is InChI=1S/C19H20N4O3/c24-19(5-4-16-2-1-3-18(14-16)23(25)26)22-12-10-21(11-13-22)15-17-6-8-20-9-7-17/h1-9,14H,10-13,15H2/p+1/b5-4+. The summed E-state index contributed by atoms with van der Waals surface area (Å²) in [5.41, 5.74) is 1.92. The molecule has 0 saturated carbocycles. The van der Waals surface area contributed by atoms with Crippen LogP contribution in [-0.4, -0.2) is 46.9 Å². The van der Waals surface area contributed by atoms with E-state index in [0.29, 0.717) is 18.7 Å². The van der Waals surface area contributed by atoms with Gasteiger partial charge in [-0.1, -0.05) is 12.1 Å². The molecule has 26 heavy (non-hydrogen) atoms. The van der Waals surface area contributed by atoms with Crippen LogP contribution in [0, 0.1) is 10.1 Å². The van der Waals surface area contributed by atoms with Crippen LogP contribution in [-0.2, 0) is 11.3 Å². The van der Waals surface area contributed by atoms with Crippen LogP contribution >= 0.6 is 0 Å². The molecule has 0 aliphatic carbocycles. The number of non-ortho nitro benzene ring substituents is 1. The lowest BCUT2D eigenvalue weighted by molar-refractivity contribution is -0.917. The van der Waals surface area contributed by atoms with Gasteiger partial charge in [-0.25, -0.2) is 0 Å². The average Bonchev–Trinajstić information content (AvgIpc) is 2.68. The molecular formula is C19H21N4O3+. The Morgan fingerprint density at radius 2 is 1.96 bits per heavy atom. The number of pyridine rings is 1. The molecule has 1 N–H and O–H groups in total. The van der Waals surface area contributed by atoms with Crippen molar-refractivity contribution in [3.8, 4) is 0 Å². The van der Waals surface area contributed by atoms with Crippen LogP contribution in [0.4, 0.5) is 5.69 Å². The summed E-state index contributed by atoms with van der Waals surface area (Å²) in [4.78, 5) is 30.0. The van der Waals surface area contributed by atoms with Crippen molar-refractivity contribution in [2.45, 2.75) is 6.54 Å². The normalized spacial score (nSPS) is 15.3. The second-order valence-electron chi connectivity index (χ2n) is 6.29. The molecule has 0 bridgehead atoms. The molecule has 1 aliphatic heterocycles. The van der Waals surface area contributed by atoms with Crippen molar-refractivity contribution in [3.05, 3.63) is 76.1 Å². The highest BCUT2D eigenvalue weighted by Gasteiger charge is 2.22. The third-order valence-corrected chi connectivity index (χ3v) is 4.49. The molecule has 7 heteroatoms. The first-order valence-electron chi connectivity index (χ1n) is 8.56. The predicted octanol–water partition coefficient (Wildman–Crippen LogP) is 0.930. The molecule has 1 aliphatic rings. The van der Waals surface area contributed by atoms with Gasteiger partial charge in [0, 0.05) is 36.2 Å². The number of carbonyl (C=O) groups is 1. The summed E-state index contributed by atoms with van der Waals surface area (Å²) >= 11 is 0. The fraction of sp³-hybridized carbons (Fsp3) is 0.263. The zero-order valence-electron chi connectivity index (χ0n) is 14.4. The van der Waals surface area contributed by atoms with Gasteiger partial charge >= 0.3 is 0 Å². The largest absolute Gasteiger partial charge is 0.328 e. The number of nitro groups is 1. The number of amides is 1. The second-order valence-corrected chi connectivity index (χ2v) is 6.29. The quantitative estimate of drug-likeness (QED) is 0.493. The smallest absolute Gasteiger partial charge is 0.270 e. The molecule has 0 atom stereocenters. The number of nitro benzene ring substituents is 1. The van der Waals surface area contributed by atoms with Crippen LogP contribution in [0.5, 0.6) is 0 Å². The van der Waals surface area contributed by atoms with Crippen LogP contribution in [0.3, 0.4) is 0 Å². The van der Waals surface area contributed by atoms with Gasteiger partial charge in [-0.15, -0.1) is 0 Å². The van der Waals surface area contributed by atoms with Crippen LogP contribution in [0.15, 0.2) is 54.9 Å². The molecule has 2 aromatic rings. The molecule has 0 unspecified atom stereocenters. The lowest BCUT2D eigenvalue weighted by atomic mass is 10.2. The Morgan fingerprint density at radius 3 is 2.65 bits per heavy atom. The summed E-state index contributed by atoms with van der Waals surface area (Å²) in [6.07, 6.45) is 6.72. The van der Waals surface area contributed by atoms with Gasteiger partial charge in [0.1, 0.15) is 6.54 Å². The minimum Gasteiger partial charge on any atom is -0.328 e. The Kier molecular flexibility index (Phi) is 5.70. The number of aromatic nitrogens is 1. The predicted molar refractivity (Wildman–Crippen MR) is 97.3 cm³/mol. The van der Waals surface area contributed by atoms with Crippen molar-refractivity contribution in [2.24, 2.45) is 0 Å². The zero-order chi connectivity index (χ0) is 18.4. The highest BCUT2D eigenvalue weighted by molar-refractivity contribution is 5.91. The Labute approximate surface area is 151 Å². The Bertz CT molecular complexity index is 799. The molecular weight excluding hydrogens is 332 g/mol. The van der Waals surface area contributed by atoms with Gasteiger partial charge < -0.3 is 9.80 Å². The first-order chi connectivity index (χ1) is 12.6. The number of hydrogen-bond donors (Lipinski definition) is 1. The van der Waals surface area contributed by atoms with Crippen LogP contribution in [0.2, 0.25) is 0 Å². The van der Waals surface area contributed by atoms with Crippen molar-refractivity contribution < 1.29 is 14.6 Å². The summed E-state index contributed by atoms with van der Waals surface area (Å²) in [6, 6.07) is 10.3. The molecule has 1 aromatic heterocycles. The molecule has 1 aromatic carbocycles. The number of nitrogens with one attached hydrogen (secondary N) is 1. The van der Waals surface area contributed by atoms with Crippen molar-refractivity contribution in [3.63, 3.8) is 0 Å². The van der Waals surface area contributed by atoms with Crippen molar-refractivity contribution in [1.82, 2.24) is 9.88 Å². The van der Waals surface area contributed by atoms with Gasteiger partial charge in [0.05, 0.1) is 31.1 Å². The average molecular weight is 353 g/mol. The maximum Gasteiger partial charge on any atom is 0.270 e. The molecule has 1 saturated heterocycles. The third-order valence-electron chi connectivity index (χ3n) is 4.49. The van der Waals surface area contributed by atoms with Gasteiger partial charge in [0.2, 0.25) is 5.91 Å². The molecule has 1 fully saturated rings. The minimum atomic E-state index is -0.441. The third kappa shape index (κ3) is 4.73. The van der Waals surface area contributed by atoms with E-state index in [1.54, 1.807) is 30.6 Å². The number of hydrogen-bond acceptors (Lipinski definition) is 4. The molecule has 1 amide bonds. The number of quaternary nitrogens is 1. The molecule has 0 radical (unpaired) electrons. The van der Waals surface area contributed by atoms with Crippen LogP contribution in [0.1, 0.15) is 11.1 Å². The van der Waals surface area contributed by atoms with Gasteiger partial charge in [0.15, 0.2) is 0 Å². The SMILES string of the molecule is O=C(/C=C/c1cccc([N+](=O)[O-])c1)N1CC[NH+](Cc2ccncc2)CC1. The monoisotopic (exact) mass is 353 g/mol. The van der Waals surface area contributed by atoms with Gasteiger partial charge in [-0.3, -0.25) is 19.9 Å². The van der Waals surface area contributed by atoms with E-state index < -0.39 is 4.92 Å². The lowest BCUT2D eigenvalue weighted by Gasteiger charge is -2.31. The fourth-order valence-corrected chi connectivity index (χ4v) is 3.02. The zero-order valence-corrected chi connectivity index (χ0v) is 14.4. The Balaban J connectivity index is 1.52. The number of benzene rings is 1. The summed E-state index contributed by atoms with van der Waals surface area (Å²) < 4.78 is 0. The first kappa shape index (κ1) is 17.8. The Hall–Kier alpha value is -3.06. The number of nitrogens with zero attached hydrogens (tertiary/aromatic N) is 3. The fourth-order valence-electron chi connectivity index (χ4n) is 3.02. The molecule has 2 heterocycles. The second kappa shape index (κ2) is 8.35. The summed E-state index contributed by atoms with van der Waals surface area (Å²) in [5.74, 6) is -0.0560. The van der Waals surface area contributed by atoms with E-state index in [4.69, 9.17) is 0 Å². The summed E-state index contributed by atoms with van der Waals surface area (Å²) in [5, 5.41) is 10.8. The van der Waals surface area contributed by atoms with E-state index in [0.717, 1.165) is 19.6 Å². The van der Waals surface area contributed by atoms with Gasteiger partial charge in [0.25, 0.3) is 5.69 Å². The molecule has 134 valence electrons.